The first kappa shape index (κ1) is 13.3. The van der Waals surface area contributed by atoms with Crippen molar-refractivity contribution in [2.24, 2.45) is 5.92 Å². The van der Waals surface area contributed by atoms with Crippen molar-refractivity contribution in [3.63, 3.8) is 0 Å². The van der Waals surface area contributed by atoms with Gasteiger partial charge in [-0.15, -0.1) is 0 Å². The molecule has 0 amide bonds. The van der Waals surface area contributed by atoms with Crippen LogP contribution in [0.3, 0.4) is 0 Å². The SMILES string of the molecule is CCC(C)C(Cl)OC1CCCCCCC1. The second-order valence-electron chi connectivity index (χ2n) is 4.84. The maximum Gasteiger partial charge on any atom is 0.134 e. The molecule has 0 aromatic carbocycles. The van der Waals surface area contributed by atoms with E-state index < -0.39 is 0 Å². The molecule has 1 fully saturated rings. The average molecular weight is 233 g/mol. The molecule has 0 aliphatic heterocycles. The van der Waals surface area contributed by atoms with Gasteiger partial charge in [0.15, 0.2) is 0 Å². The highest BCUT2D eigenvalue weighted by Crippen LogP contribution is 2.24. The zero-order valence-corrected chi connectivity index (χ0v) is 10.9. The molecule has 2 unspecified atom stereocenters. The van der Waals surface area contributed by atoms with Gasteiger partial charge in [-0.2, -0.15) is 0 Å². The zero-order chi connectivity index (χ0) is 11.1. The molecule has 15 heavy (non-hydrogen) atoms. The molecule has 1 aliphatic carbocycles. The van der Waals surface area contributed by atoms with Gasteiger partial charge in [-0.25, -0.2) is 0 Å². The minimum absolute atomic E-state index is 0.0839. The first-order valence-corrected chi connectivity index (χ1v) is 6.97. The largest absolute Gasteiger partial charge is 0.359 e. The summed E-state index contributed by atoms with van der Waals surface area (Å²) < 4.78 is 5.94. The minimum atomic E-state index is -0.0839. The summed E-state index contributed by atoms with van der Waals surface area (Å²) in [5.41, 5.74) is -0.0839. The molecule has 2 heteroatoms. The highest BCUT2D eigenvalue weighted by atomic mass is 35.5. The van der Waals surface area contributed by atoms with Gasteiger partial charge in [0.05, 0.1) is 6.10 Å². The van der Waals surface area contributed by atoms with Crippen molar-refractivity contribution in [3.05, 3.63) is 0 Å². The van der Waals surface area contributed by atoms with Crippen LogP contribution in [-0.2, 0) is 4.74 Å². The third-order valence-electron chi connectivity index (χ3n) is 3.47. The van der Waals surface area contributed by atoms with Crippen molar-refractivity contribution in [2.45, 2.75) is 76.9 Å². The molecule has 1 aliphatic rings. The lowest BCUT2D eigenvalue weighted by atomic mass is 9.98. The average Bonchev–Trinajstić information content (AvgIpc) is 2.20. The number of hydrogen-bond donors (Lipinski definition) is 0. The van der Waals surface area contributed by atoms with Gasteiger partial charge in [0.25, 0.3) is 0 Å². The highest BCUT2D eigenvalue weighted by Gasteiger charge is 2.19. The summed E-state index contributed by atoms with van der Waals surface area (Å²) in [6, 6.07) is 0. The van der Waals surface area contributed by atoms with Crippen LogP contribution in [0.5, 0.6) is 0 Å². The Balaban J connectivity index is 2.27. The Kier molecular flexibility index (Phi) is 6.67. The van der Waals surface area contributed by atoms with Crippen molar-refractivity contribution in [1.29, 1.82) is 0 Å². The predicted octanol–water partition coefficient (Wildman–Crippen LogP) is 4.73. The van der Waals surface area contributed by atoms with Gasteiger partial charge in [-0.05, 0) is 25.2 Å². The third-order valence-corrected chi connectivity index (χ3v) is 4.00. The molecule has 2 atom stereocenters. The molecule has 1 nitrogen and oxygen atoms in total. The molecular formula is C13H25ClO. The van der Waals surface area contributed by atoms with E-state index in [2.05, 4.69) is 13.8 Å². The third kappa shape index (κ3) is 5.21. The number of halogens is 1. The van der Waals surface area contributed by atoms with Gasteiger partial charge in [-0.3, -0.25) is 0 Å². The summed E-state index contributed by atoms with van der Waals surface area (Å²) in [5, 5.41) is 0. The van der Waals surface area contributed by atoms with Gasteiger partial charge in [0.1, 0.15) is 5.56 Å². The standard InChI is InChI=1S/C13H25ClO/c1-3-11(2)13(14)15-12-9-7-5-4-6-8-10-12/h11-13H,3-10H2,1-2H3. The van der Waals surface area contributed by atoms with Crippen LogP contribution in [0, 0.1) is 5.92 Å². The van der Waals surface area contributed by atoms with E-state index in [1.54, 1.807) is 0 Å². The maximum absolute atomic E-state index is 6.24. The van der Waals surface area contributed by atoms with E-state index in [-0.39, 0.29) is 5.56 Å². The predicted molar refractivity (Wildman–Crippen MR) is 66.3 cm³/mol. The molecule has 0 saturated heterocycles. The van der Waals surface area contributed by atoms with Crippen LogP contribution in [0.25, 0.3) is 0 Å². The second kappa shape index (κ2) is 7.51. The summed E-state index contributed by atoms with van der Waals surface area (Å²) in [6.07, 6.45) is 10.7. The summed E-state index contributed by atoms with van der Waals surface area (Å²) in [7, 11) is 0. The van der Waals surface area contributed by atoms with Crippen molar-refractivity contribution in [2.75, 3.05) is 0 Å². The fourth-order valence-electron chi connectivity index (χ4n) is 2.06. The monoisotopic (exact) mass is 232 g/mol. The van der Waals surface area contributed by atoms with Gasteiger partial charge < -0.3 is 4.74 Å². The lowest BCUT2D eigenvalue weighted by Gasteiger charge is -2.25. The Morgan fingerprint density at radius 2 is 1.67 bits per heavy atom. The summed E-state index contributed by atoms with van der Waals surface area (Å²) in [5.74, 6) is 0.470. The van der Waals surface area contributed by atoms with Crippen LogP contribution in [0.15, 0.2) is 0 Å². The van der Waals surface area contributed by atoms with Gasteiger partial charge in [-0.1, -0.05) is 57.6 Å². The van der Waals surface area contributed by atoms with Crippen molar-refractivity contribution < 1.29 is 4.74 Å². The topological polar surface area (TPSA) is 9.23 Å². The van der Waals surface area contributed by atoms with E-state index in [1.807, 2.05) is 0 Å². The van der Waals surface area contributed by atoms with Gasteiger partial charge >= 0.3 is 0 Å². The van der Waals surface area contributed by atoms with Crippen LogP contribution in [0.2, 0.25) is 0 Å². The minimum Gasteiger partial charge on any atom is -0.359 e. The lowest BCUT2D eigenvalue weighted by molar-refractivity contribution is -0.00758. The van der Waals surface area contributed by atoms with E-state index in [0.717, 1.165) is 6.42 Å². The molecule has 1 rings (SSSR count). The fraction of sp³-hybridized carbons (Fsp3) is 1.00. The van der Waals surface area contributed by atoms with E-state index >= 15 is 0 Å². The number of ether oxygens (including phenoxy) is 1. The molecule has 0 bridgehead atoms. The van der Waals surface area contributed by atoms with Crippen LogP contribution >= 0.6 is 11.6 Å². The maximum atomic E-state index is 6.24. The Morgan fingerprint density at radius 1 is 1.13 bits per heavy atom. The number of rotatable bonds is 4. The molecule has 0 radical (unpaired) electrons. The van der Waals surface area contributed by atoms with Crippen molar-refractivity contribution in [3.8, 4) is 0 Å². The van der Waals surface area contributed by atoms with E-state index in [0.29, 0.717) is 12.0 Å². The summed E-state index contributed by atoms with van der Waals surface area (Å²) in [6.45, 7) is 4.34. The normalized spacial score (nSPS) is 24.2. The first-order valence-electron chi connectivity index (χ1n) is 6.53. The highest BCUT2D eigenvalue weighted by molar-refractivity contribution is 6.19. The molecular weight excluding hydrogens is 208 g/mol. The molecule has 0 N–H and O–H groups in total. The molecule has 0 aromatic rings. The second-order valence-corrected chi connectivity index (χ2v) is 5.27. The zero-order valence-electron chi connectivity index (χ0n) is 10.2. The van der Waals surface area contributed by atoms with Crippen molar-refractivity contribution in [1.82, 2.24) is 0 Å². The molecule has 0 aromatic heterocycles. The van der Waals surface area contributed by atoms with E-state index in [4.69, 9.17) is 16.3 Å². The van der Waals surface area contributed by atoms with E-state index in [1.165, 1.54) is 44.9 Å². The smallest absolute Gasteiger partial charge is 0.134 e. The van der Waals surface area contributed by atoms with Crippen LogP contribution in [0.4, 0.5) is 0 Å². The first-order chi connectivity index (χ1) is 7.24. The van der Waals surface area contributed by atoms with Gasteiger partial charge in [0, 0.05) is 0 Å². The fourth-order valence-corrected chi connectivity index (χ4v) is 2.38. The summed E-state index contributed by atoms with van der Waals surface area (Å²) >= 11 is 6.24. The Labute approximate surface area is 99.5 Å². The van der Waals surface area contributed by atoms with Crippen molar-refractivity contribution >= 4 is 11.6 Å². The quantitative estimate of drug-likeness (QED) is 0.637. The van der Waals surface area contributed by atoms with Crippen LogP contribution in [-0.4, -0.2) is 11.7 Å². The van der Waals surface area contributed by atoms with E-state index in [9.17, 15) is 0 Å². The van der Waals surface area contributed by atoms with Crippen LogP contribution in [0.1, 0.15) is 65.2 Å². The molecule has 1 saturated carbocycles. The Bertz CT molecular complexity index is 153. The Morgan fingerprint density at radius 3 is 2.20 bits per heavy atom. The molecule has 90 valence electrons. The number of hydrogen-bond acceptors (Lipinski definition) is 1. The van der Waals surface area contributed by atoms with Crippen LogP contribution < -0.4 is 0 Å². The van der Waals surface area contributed by atoms with Gasteiger partial charge in [0.2, 0.25) is 0 Å². The molecule has 0 heterocycles. The lowest BCUT2D eigenvalue weighted by Crippen LogP contribution is -2.24. The molecule has 0 spiro atoms. The Hall–Kier alpha value is 0.250. The summed E-state index contributed by atoms with van der Waals surface area (Å²) in [4.78, 5) is 0. The number of alkyl halides is 1.